The third-order valence-electron chi connectivity index (χ3n) is 4.71. The van der Waals surface area contributed by atoms with Gasteiger partial charge in [0.15, 0.2) is 11.5 Å². The summed E-state index contributed by atoms with van der Waals surface area (Å²) in [5.41, 5.74) is 0.759. The number of aryl methyl sites for hydroxylation is 1. The lowest BCUT2D eigenvalue weighted by Crippen LogP contribution is -2.52. The van der Waals surface area contributed by atoms with Gasteiger partial charge in [0.05, 0.1) is 12.5 Å². The molecule has 8 heteroatoms. The van der Waals surface area contributed by atoms with Gasteiger partial charge in [-0.1, -0.05) is 0 Å². The summed E-state index contributed by atoms with van der Waals surface area (Å²) < 4.78 is 7.25. The number of carbonyl (C=O) groups is 1. The molecule has 2 aromatic heterocycles. The van der Waals surface area contributed by atoms with Gasteiger partial charge in [0.2, 0.25) is 5.91 Å². The molecule has 2 fully saturated rings. The average molecular weight is 330 g/mol. The summed E-state index contributed by atoms with van der Waals surface area (Å²) in [6.45, 7) is 5.20. The smallest absolute Gasteiger partial charge is 0.222 e. The molecule has 1 N–H and O–H groups in total. The van der Waals surface area contributed by atoms with Crippen LogP contribution in [0.3, 0.4) is 0 Å². The first-order valence-corrected chi connectivity index (χ1v) is 8.51. The number of amides is 1. The number of nitrogens with zero attached hydrogens (tertiary/aromatic N) is 5. The summed E-state index contributed by atoms with van der Waals surface area (Å²) in [4.78, 5) is 14.1. The summed E-state index contributed by atoms with van der Waals surface area (Å²) in [6, 6.07) is 3.90. The molecule has 128 valence electrons. The molecular weight excluding hydrogens is 308 g/mol. The van der Waals surface area contributed by atoms with Crippen molar-refractivity contribution in [1.29, 1.82) is 0 Å². The molecule has 0 radical (unpaired) electrons. The highest BCUT2D eigenvalue weighted by atomic mass is 16.5. The largest absolute Gasteiger partial charge is 0.378 e. The molecule has 2 saturated heterocycles. The van der Waals surface area contributed by atoms with Gasteiger partial charge in [-0.05, 0) is 31.9 Å². The van der Waals surface area contributed by atoms with Crippen molar-refractivity contribution in [1.82, 2.24) is 25.1 Å². The molecular formula is C16H22N6O2. The lowest BCUT2D eigenvalue weighted by Gasteiger charge is -2.40. The molecule has 1 unspecified atom stereocenters. The Kier molecular flexibility index (Phi) is 4.05. The van der Waals surface area contributed by atoms with Crippen LogP contribution in [-0.2, 0) is 9.53 Å². The molecule has 24 heavy (non-hydrogen) atoms. The number of aromatic nitrogens is 4. The van der Waals surface area contributed by atoms with E-state index in [0.29, 0.717) is 12.3 Å². The van der Waals surface area contributed by atoms with E-state index in [-0.39, 0.29) is 12.0 Å². The molecule has 0 saturated carbocycles. The Morgan fingerprint density at radius 1 is 1.38 bits per heavy atom. The SMILES string of the molecule is Cc1nnc2ccc(N3CC(CNC(=O)CC4CCCO4)C3)nn12. The normalized spacial score (nSPS) is 21.2. The predicted octanol–water partition coefficient (Wildman–Crippen LogP) is 0.554. The highest BCUT2D eigenvalue weighted by Gasteiger charge is 2.29. The highest BCUT2D eigenvalue weighted by Crippen LogP contribution is 2.22. The number of carbonyl (C=O) groups excluding carboxylic acids is 1. The van der Waals surface area contributed by atoms with Gasteiger partial charge in [0, 0.05) is 32.2 Å². The molecule has 2 aromatic rings. The highest BCUT2D eigenvalue weighted by molar-refractivity contribution is 5.76. The second-order valence-electron chi connectivity index (χ2n) is 6.62. The van der Waals surface area contributed by atoms with Crippen molar-refractivity contribution in [2.75, 3.05) is 31.1 Å². The maximum atomic E-state index is 11.9. The number of ether oxygens (including phenoxy) is 1. The van der Waals surface area contributed by atoms with E-state index in [0.717, 1.165) is 56.4 Å². The van der Waals surface area contributed by atoms with Crippen LogP contribution in [0.2, 0.25) is 0 Å². The van der Waals surface area contributed by atoms with Crippen LogP contribution in [0.1, 0.15) is 25.1 Å². The maximum absolute atomic E-state index is 11.9. The van der Waals surface area contributed by atoms with Crippen molar-refractivity contribution in [3.63, 3.8) is 0 Å². The van der Waals surface area contributed by atoms with E-state index in [9.17, 15) is 4.79 Å². The Morgan fingerprint density at radius 3 is 3.04 bits per heavy atom. The zero-order valence-corrected chi connectivity index (χ0v) is 13.8. The number of nitrogens with one attached hydrogen (secondary N) is 1. The minimum Gasteiger partial charge on any atom is -0.378 e. The van der Waals surface area contributed by atoms with E-state index in [1.54, 1.807) is 4.52 Å². The molecule has 2 aliphatic heterocycles. The Balaban J connectivity index is 1.25. The monoisotopic (exact) mass is 330 g/mol. The number of hydrogen-bond donors (Lipinski definition) is 1. The van der Waals surface area contributed by atoms with Gasteiger partial charge in [0.1, 0.15) is 5.82 Å². The van der Waals surface area contributed by atoms with Gasteiger partial charge in [-0.15, -0.1) is 15.3 Å². The maximum Gasteiger partial charge on any atom is 0.222 e. The van der Waals surface area contributed by atoms with Crippen LogP contribution in [0.15, 0.2) is 12.1 Å². The van der Waals surface area contributed by atoms with Gasteiger partial charge in [0.25, 0.3) is 0 Å². The van der Waals surface area contributed by atoms with Gasteiger partial charge < -0.3 is 15.0 Å². The van der Waals surface area contributed by atoms with Crippen LogP contribution in [0.4, 0.5) is 5.82 Å². The van der Waals surface area contributed by atoms with E-state index >= 15 is 0 Å². The van der Waals surface area contributed by atoms with Crippen molar-refractivity contribution < 1.29 is 9.53 Å². The standard InChI is InChI=1S/C16H22N6O2/c1-11-18-19-14-4-5-15(20-22(11)14)21-9-12(10-21)8-17-16(23)7-13-3-2-6-24-13/h4-5,12-13H,2-3,6-10H2,1H3,(H,17,23). The lowest BCUT2D eigenvalue weighted by molar-refractivity contribution is -0.123. The molecule has 1 atom stereocenters. The van der Waals surface area contributed by atoms with Crippen LogP contribution in [0.25, 0.3) is 5.65 Å². The predicted molar refractivity (Wildman–Crippen MR) is 87.8 cm³/mol. The molecule has 4 heterocycles. The van der Waals surface area contributed by atoms with Crippen LogP contribution in [-0.4, -0.2) is 58.1 Å². The van der Waals surface area contributed by atoms with Crippen LogP contribution in [0, 0.1) is 12.8 Å². The van der Waals surface area contributed by atoms with E-state index in [1.807, 2.05) is 19.1 Å². The van der Waals surface area contributed by atoms with Gasteiger partial charge in [-0.25, -0.2) is 0 Å². The fourth-order valence-electron chi connectivity index (χ4n) is 3.28. The van der Waals surface area contributed by atoms with Crippen molar-refractivity contribution in [3.05, 3.63) is 18.0 Å². The summed E-state index contributed by atoms with van der Waals surface area (Å²) in [6.07, 6.45) is 2.67. The topological polar surface area (TPSA) is 84.7 Å². The third-order valence-corrected chi connectivity index (χ3v) is 4.71. The Bertz CT molecular complexity index is 733. The molecule has 0 bridgehead atoms. The third kappa shape index (κ3) is 3.06. The van der Waals surface area contributed by atoms with Gasteiger partial charge >= 0.3 is 0 Å². The Labute approximate surface area is 140 Å². The quantitative estimate of drug-likeness (QED) is 0.862. The summed E-state index contributed by atoms with van der Waals surface area (Å²) in [5.74, 6) is 2.27. The fraction of sp³-hybridized carbons (Fsp3) is 0.625. The fourth-order valence-corrected chi connectivity index (χ4v) is 3.28. The van der Waals surface area contributed by atoms with Gasteiger partial charge in [-0.2, -0.15) is 4.52 Å². The Hall–Kier alpha value is -2.22. The van der Waals surface area contributed by atoms with Crippen molar-refractivity contribution >= 4 is 17.4 Å². The first-order chi connectivity index (χ1) is 11.7. The molecule has 8 nitrogen and oxygen atoms in total. The molecule has 4 rings (SSSR count). The van der Waals surface area contributed by atoms with E-state index in [2.05, 4.69) is 25.5 Å². The lowest BCUT2D eigenvalue weighted by atomic mass is 10.00. The Morgan fingerprint density at radius 2 is 2.25 bits per heavy atom. The molecule has 0 aliphatic carbocycles. The summed E-state index contributed by atoms with van der Waals surface area (Å²) in [7, 11) is 0. The van der Waals surface area contributed by atoms with E-state index < -0.39 is 0 Å². The molecule has 1 amide bonds. The van der Waals surface area contributed by atoms with Crippen molar-refractivity contribution in [2.45, 2.75) is 32.3 Å². The molecule has 2 aliphatic rings. The minimum atomic E-state index is 0.0972. The van der Waals surface area contributed by atoms with Crippen LogP contribution in [0.5, 0.6) is 0 Å². The number of fused-ring (bicyclic) bond motifs is 1. The van der Waals surface area contributed by atoms with Crippen LogP contribution >= 0.6 is 0 Å². The van der Waals surface area contributed by atoms with Crippen molar-refractivity contribution in [3.8, 4) is 0 Å². The van der Waals surface area contributed by atoms with E-state index in [1.165, 1.54) is 0 Å². The number of anilines is 1. The average Bonchev–Trinajstić information content (AvgIpc) is 3.16. The summed E-state index contributed by atoms with van der Waals surface area (Å²) >= 11 is 0. The number of rotatable bonds is 5. The van der Waals surface area contributed by atoms with E-state index in [4.69, 9.17) is 4.74 Å². The summed E-state index contributed by atoms with van der Waals surface area (Å²) in [5, 5.41) is 15.7. The second-order valence-corrected chi connectivity index (χ2v) is 6.62. The first-order valence-electron chi connectivity index (χ1n) is 8.51. The zero-order valence-electron chi connectivity index (χ0n) is 13.8. The molecule has 0 spiro atoms. The number of hydrogen-bond acceptors (Lipinski definition) is 6. The van der Waals surface area contributed by atoms with Crippen molar-refractivity contribution in [2.24, 2.45) is 5.92 Å². The second kappa shape index (κ2) is 6.35. The minimum absolute atomic E-state index is 0.0972. The zero-order chi connectivity index (χ0) is 16.5. The molecule has 0 aromatic carbocycles. The van der Waals surface area contributed by atoms with Gasteiger partial charge in [-0.3, -0.25) is 4.79 Å². The van der Waals surface area contributed by atoms with Crippen LogP contribution < -0.4 is 10.2 Å². The first kappa shape index (κ1) is 15.3.